The lowest BCUT2D eigenvalue weighted by Gasteiger charge is -2.05. The maximum Gasteiger partial charge on any atom is 0.255 e. The minimum Gasteiger partial charge on any atom is -0.508 e. The van der Waals surface area contributed by atoms with Crippen molar-refractivity contribution in [3.8, 4) is 5.75 Å². The number of amides is 1. The van der Waals surface area contributed by atoms with E-state index in [1.165, 1.54) is 24.3 Å². The maximum atomic E-state index is 13.2. The van der Waals surface area contributed by atoms with Gasteiger partial charge in [0.2, 0.25) is 11.9 Å². The van der Waals surface area contributed by atoms with E-state index < -0.39 is 17.8 Å². The first kappa shape index (κ1) is 12.0. The molecule has 1 aromatic carbocycles. The largest absolute Gasteiger partial charge is 0.508 e. The molecule has 1 aromatic heterocycles. The molecule has 2 N–H and O–H groups in total. The van der Waals surface area contributed by atoms with E-state index in [0.29, 0.717) is 0 Å². The second kappa shape index (κ2) is 4.79. The molecule has 0 bridgehead atoms. The van der Waals surface area contributed by atoms with Crippen LogP contribution in [0.25, 0.3) is 0 Å². The van der Waals surface area contributed by atoms with Crippen LogP contribution in [0.1, 0.15) is 10.4 Å². The van der Waals surface area contributed by atoms with Crippen LogP contribution in [0.15, 0.2) is 36.4 Å². The quantitative estimate of drug-likeness (QED) is 0.804. The van der Waals surface area contributed by atoms with Crippen molar-refractivity contribution in [2.45, 2.75) is 0 Å². The molecule has 0 saturated carbocycles. The molecule has 0 saturated heterocycles. The summed E-state index contributed by atoms with van der Waals surface area (Å²) in [6.45, 7) is 0. The lowest BCUT2D eigenvalue weighted by atomic mass is 10.2. The Morgan fingerprint density at radius 1 is 1.22 bits per heavy atom. The monoisotopic (exact) mass is 250 g/mol. The van der Waals surface area contributed by atoms with E-state index in [-0.39, 0.29) is 17.0 Å². The van der Waals surface area contributed by atoms with Crippen molar-refractivity contribution >= 4 is 11.6 Å². The van der Waals surface area contributed by atoms with Crippen LogP contribution in [0.5, 0.6) is 5.75 Å². The van der Waals surface area contributed by atoms with E-state index in [1.54, 1.807) is 0 Å². The first-order chi connectivity index (χ1) is 8.56. The third-order valence-electron chi connectivity index (χ3n) is 2.17. The molecule has 0 fully saturated rings. The highest BCUT2D eigenvalue weighted by atomic mass is 19.1. The Morgan fingerprint density at radius 3 is 2.67 bits per heavy atom. The van der Waals surface area contributed by atoms with Gasteiger partial charge in [0.15, 0.2) is 0 Å². The Bertz CT molecular complexity index is 602. The van der Waals surface area contributed by atoms with Crippen LogP contribution in [0.4, 0.5) is 14.5 Å². The molecule has 0 aliphatic carbocycles. The third-order valence-corrected chi connectivity index (χ3v) is 2.17. The number of halogens is 2. The van der Waals surface area contributed by atoms with Crippen LogP contribution in [-0.4, -0.2) is 16.0 Å². The second-order valence-electron chi connectivity index (χ2n) is 3.48. The number of phenolic OH excluding ortho intramolecular Hbond substituents is 1. The van der Waals surface area contributed by atoms with Crippen LogP contribution in [0.2, 0.25) is 0 Å². The summed E-state index contributed by atoms with van der Waals surface area (Å²) in [4.78, 5) is 14.6. The van der Waals surface area contributed by atoms with Gasteiger partial charge < -0.3 is 10.4 Å². The van der Waals surface area contributed by atoms with Gasteiger partial charge in [0.25, 0.3) is 5.91 Å². The van der Waals surface area contributed by atoms with Gasteiger partial charge in [-0.15, -0.1) is 0 Å². The van der Waals surface area contributed by atoms with Gasteiger partial charge in [-0.3, -0.25) is 4.79 Å². The predicted molar refractivity (Wildman–Crippen MR) is 60.2 cm³/mol. The number of carbonyl (C=O) groups excluding carboxylic acids is 1. The van der Waals surface area contributed by atoms with Gasteiger partial charge in [0.1, 0.15) is 5.75 Å². The van der Waals surface area contributed by atoms with Gasteiger partial charge in [0, 0.05) is 5.56 Å². The molecule has 2 aromatic rings. The average molecular weight is 250 g/mol. The van der Waals surface area contributed by atoms with Crippen molar-refractivity contribution in [2.75, 3.05) is 5.32 Å². The number of hydrogen-bond acceptors (Lipinski definition) is 3. The number of aromatic hydroxyl groups is 1. The number of hydrogen-bond donors (Lipinski definition) is 2. The molecule has 0 radical (unpaired) electrons. The number of carbonyl (C=O) groups is 1. The third kappa shape index (κ3) is 2.60. The van der Waals surface area contributed by atoms with E-state index in [4.69, 9.17) is 0 Å². The number of nitrogens with one attached hydrogen (secondary N) is 1. The van der Waals surface area contributed by atoms with Gasteiger partial charge in [-0.05, 0) is 30.3 Å². The fourth-order valence-corrected chi connectivity index (χ4v) is 1.35. The van der Waals surface area contributed by atoms with Crippen molar-refractivity contribution in [2.24, 2.45) is 0 Å². The summed E-state index contributed by atoms with van der Waals surface area (Å²) < 4.78 is 25.8. The lowest BCUT2D eigenvalue weighted by Crippen LogP contribution is -2.13. The van der Waals surface area contributed by atoms with E-state index in [1.807, 2.05) is 0 Å². The standard InChI is InChI=1S/C12H8F2N2O2/c13-10-5-4-9(11(14)16-10)15-12(18)7-2-1-3-8(17)6-7/h1-6,17H,(H,15,18). The molecule has 18 heavy (non-hydrogen) atoms. The summed E-state index contributed by atoms with van der Waals surface area (Å²) in [6.07, 6.45) is 0. The van der Waals surface area contributed by atoms with E-state index in [0.717, 1.165) is 12.1 Å². The van der Waals surface area contributed by atoms with Crippen LogP contribution in [0.3, 0.4) is 0 Å². The molecule has 4 nitrogen and oxygen atoms in total. The molecule has 0 spiro atoms. The molecule has 0 atom stereocenters. The minimum absolute atomic E-state index is 0.0830. The zero-order valence-corrected chi connectivity index (χ0v) is 9.02. The Labute approximate surface area is 101 Å². The number of benzene rings is 1. The molecular weight excluding hydrogens is 242 g/mol. The molecule has 6 heteroatoms. The van der Waals surface area contributed by atoms with Crippen molar-refractivity contribution in [1.29, 1.82) is 0 Å². The summed E-state index contributed by atoms with van der Waals surface area (Å²) in [6, 6.07) is 7.55. The Balaban J connectivity index is 2.21. The lowest BCUT2D eigenvalue weighted by molar-refractivity contribution is 0.102. The molecule has 0 unspecified atom stereocenters. The number of rotatable bonds is 2. The summed E-state index contributed by atoms with van der Waals surface area (Å²) in [7, 11) is 0. The van der Waals surface area contributed by atoms with E-state index in [9.17, 15) is 18.7 Å². The number of phenols is 1. The van der Waals surface area contributed by atoms with Gasteiger partial charge in [-0.1, -0.05) is 6.07 Å². The van der Waals surface area contributed by atoms with Crippen LogP contribution in [0, 0.1) is 11.9 Å². The van der Waals surface area contributed by atoms with Gasteiger partial charge in [-0.2, -0.15) is 13.8 Å². The zero-order valence-electron chi connectivity index (χ0n) is 9.02. The Kier molecular flexibility index (Phi) is 3.18. The van der Waals surface area contributed by atoms with Crippen LogP contribution < -0.4 is 5.32 Å². The molecule has 92 valence electrons. The van der Waals surface area contributed by atoms with Crippen molar-refractivity contribution in [3.63, 3.8) is 0 Å². The molecule has 1 amide bonds. The Hall–Kier alpha value is -2.50. The maximum absolute atomic E-state index is 13.2. The smallest absolute Gasteiger partial charge is 0.255 e. The average Bonchev–Trinajstić information content (AvgIpc) is 2.32. The molecule has 2 rings (SSSR count). The number of pyridine rings is 1. The number of anilines is 1. The van der Waals surface area contributed by atoms with Crippen molar-refractivity contribution in [1.82, 2.24) is 4.98 Å². The van der Waals surface area contributed by atoms with Gasteiger partial charge >= 0.3 is 0 Å². The molecule has 0 aliphatic heterocycles. The van der Waals surface area contributed by atoms with Gasteiger partial charge in [0.05, 0.1) is 5.69 Å². The molecule has 0 aliphatic rings. The second-order valence-corrected chi connectivity index (χ2v) is 3.48. The van der Waals surface area contributed by atoms with E-state index >= 15 is 0 Å². The predicted octanol–water partition coefficient (Wildman–Crippen LogP) is 2.32. The SMILES string of the molecule is O=C(Nc1ccc(F)nc1F)c1cccc(O)c1. The fraction of sp³-hybridized carbons (Fsp3) is 0. The van der Waals surface area contributed by atoms with Crippen molar-refractivity contribution < 1.29 is 18.7 Å². The number of aromatic nitrogens is 1. The Morgan fingerprint density at radius 2 is 2.00 bits per heavy atom. The zero-order chi connectivity index (χ0) is 13.1. The summed E-state index contributed by atoms with van der Waals surface area (Å²) in [5, 5.41) is 11.4. The normalized spacial score (nSPS) is 10.1. The van der Waals surface area contributed by atoms with E-state index in [2.05, 4.69) is 10.3 Å². The highest BCUT2D eigenvalue weighted by Gasteiger charge is 2.11. The fourth-order valence-electron chi connectivity index (χ4n) is 1.35. The first-order valence-electron chi connectivity index (χ1n) is 4.98. The highest BCUT2D eigenvalue weighted by molar-refractivity contribution is 6.04. The number of nitrogens with zero attached hydrogens (tertiary/aromatic N) is 1. The highest BCUT2D eigenvalue weighted by Crippen LogP contribution is 2.15. The summed E-state index contributed by atoms with van der Waals surface area (Å²) in [5.41, 5.74) is -0.0801. The van der Waals surface area contributed by atoms with Crippen LogP contribution >= 0.6 is 0 Å². The molecule has 1 heterocycles. The summed E-state index contributed by atoms with van der Waals surface area (Å²) in [5.74, 6) is -2.79. The first-order valence-corrected chi connectivity index (χ1v) is 4.98. The van der Waals surface area contributed by atoms with Crippen LogP contribution in [-0.2, 0) is 0 Å². The van der Waals surface area contributed by atoms with Crippen molar-refractivity contribution in [3.05, 3.63) is 53.9 Å². The molecular formula is C12H8F2N2O2. The minimum atomic E-state index is -1.11. The topological polar surface area (TPSA) is 62.2 Å². The van der Waals surface area contributed by atoms with Gasteiger partial charge in [-0.25, -0.2) is 0 Å². The summed E-state index contributed by atoms with van der Waals surface area (Å²) >= 11 is 0.